The lowest BCUT2D eigenvalue weighted by atomic mass is 10.0. The molecule has 1 aliphatic heterocycles. The van der Waals surface area contributed by atoms with E-state index in [1.807, 2.05) is 56.3 Å². The quantitative estimate of drug-likeness (QED) is 0.562. The molecule has 1 aromatic heterocycles. The Hall–Kier alpha value is -4.07. The number of rotatable bonds is 6. The fourth-order valence-electron chi connectivity index (χ4n) is 3.54. The van der Waals surface area contributed by atoms with E-state index in [-0.39, 0.29) is 17.2 Å². The Morgan fingerprint density at radius 3 is 2.77 bits per heavy atom. The summed E-state index contributed by atoms with van der Waals surface area (Å²) in [6.07, 6.45) is 2.99. The van der Waals surface area contributed by atoms with Gasteiger partial charge in [-0.3, -0.25) is 4.79 Å². The predicted octanol–water partition coefficient (Wildman–Crippen LogP) is 3.83. The first-order valence-corrected chi connectivity index (χ1v) is 9.87. The van der Waals surface area contributed by atoms with Crippen molar-refractivity contribution in [2.45, 2.75) is 19.9 Å². The number of carbonyl (C=O) groups excluding carboxylic acids is 1. The average molecular weight is 418 g/mol. The van der Waals surface area contributed by atoms with Crippen molar-refractivity contribution in [2.24, 2.45) is 0 Å². The molecular weight excluding hydrogens is 396 g/mol. The first-order valence-electron chi connectivity index (χ1n) is 9.87. The van der Waals surface area contributed by atoms with E-state index in [1.165, 1.54) is 6.20 Å². The van der Waals surface area contributed by atoms with Gasteiger partial charge in [-0.2, -0.15) is 5.10 Å². The second-order valence-electron chi connectivity index (χ2n) is 7.10. The number of carbonyl (C=O) groups is 2. The molecule has 1 atom stereocenters. The van der Waals surface area contributed by atoms with Gasteiger partial charge in [-0.15, -0.1) is 0 Å². The maximum absolute atomic E-state index is 13.0. The molecule has 2 heterocycles. The Labute approximate surface area is 179 Å². The molecule has 0 bridgehead atoms. The molecule has 31 heavy (non-hydrogen) atoms. The van der Waals surface area contributed by atoms with Crippen molar-refractivity contribution in [3.63, 3.8) is 0 Å². The number of nitrogens with one attached hydrogen (secondary N) is 2. The summed E-state index contributed by atoms with van der Waals surface area (Å²) in [5.41, 5.74) is 2.62. The Kier molecular flexibility index (Phi) is 5.44. The van der Waals surface area contributed by atoms with Gasteiger partial charge >= 0.3 is 5.97 Å². The van der Waals surface area contributed by atoms with Crippen molar-refractivity contribution in [1.29, 1.82) is 0 Å². The van der Waals surface area contributed by atoms with Crippen LogP contribution in [0.15, 0.2) is 66.5 Å². The SMILES string of the molecule is CCOc1ccccc1C1C=C(C(=O)O)Nc2c(C(=O)Nc3cccc(C)c3)cnn21. The summed E-state index contributed by atoms with van der Waals surface area (Å²) in [4.78, 5) is 24.7. The fourth-order valence-corrected chi connectivity index (χ4v) is 3.54. The third-order valence-electron chi connectivity index (χ3n) is 4.93. The summed E-state index contributed by atoms with van der Waals surface area (Å²) < 4.78 is 7.32. The highest BCUT2D eigenvalue weighted by molar-refractivity contribution is 6.08. The summed E-state index contributed by atoms with van der Waals surface area (Å²) in [7, 11) is 0. The van der Waals surface area contributed by atoms with Gasteiger partial charge in [-0.05, 0) is 43.7 Å². The number of allylic oxidation sites excluding steroid dienone is 1. The second kappa shape index (κ2) is 8.35. The molecule has 8 nitrogen and oxygen atoms in total. The molecule has 0 fully saturated rings. The van der Waals surface area contributed by atoms with Crippen molar-refractivity contribution in [3.8, 4) is 5.75 Å². The number of benzene rings is 2. The lowest BCUT2D eigenvalue weighted by molar-refractivity contribution is -0.132. The molecule has 8 heteroatoms. The van der Waals surface area contributed by atoms with Crippen molar-refractivity contribution in [3.05, 3.63) is 83.2 Å². The summed E-state index contributed by atoms with van der Waals surface area (Å²) >= 11 is 0. The Bertz CT molecular complexity index is 1180. The minimum Gasteiger partial charge on any atom is -0.494 e. The van der Waals surface area contributed by atoms with Crippen molar-refractivity contribution >= 4 is 23.4 Å². The van der Waals surface area contributed by atoms with Gasteiger partial charge in [0, 0.05) is 11.3 Å². The van der Waals surface area contributed by atoms with Crippen molar-refractivity contribution in [2.75, 3.05) is 17.2 Å². The van der Waals surface area contributed by atoms with E-state index in [2.05, 4.69) is 15.7 Å². The third-order valence-corrected chi connectivity index (χ3v) is 4.93. The molecule has 1 amide bonds. The predicted molar refractivity (Wildman–Crippen MR) is 116 cm³/mol. The van der Waals surface area contributed by atoms with E-state index in [4.69, 9.17) is 4.74 Å². The number of para-hydroxylation sites is 1. The van der Waals surface area contributed by atoms with Gasteiger partial charge in [0.25, 0.3) is 5.91 Å². The highest BCUT2D eigenvalue weighted by Crippen LogP contribution is 2.36. The molecule has 2 aromatic carbocycles. The van der Waals surface area contributed by atoms with Gasteiger partial charge in [0.2, 0.25) is 0 Å². The Morgan fingerprint density at radius 1 is 1.23 bits per heavy atom. The normalized spacial score (nSPS) is 14.8. The minimum absolute atomic E-state index is 0.0334. The first kappa shape index (κ1) is 20.2. The summed E-state index contributed by atoms with van der Waals surface area (Å²) in [5.74, 6) is -0.578. The standard InChI is InChI=1S/C23H22N4O4/c1-3-31-20-10-5-4-9-16(20)19-12-18(23(29)30)26-21-17(13-24-27(19)21)22(28)25-15-8-6-7-14(2)11-15/h4-13,19,26H,3H2,1-2H3,(H,25,28)(H,29,30). The van der Waals surface area contributed by atoms with Crippen LogP contribution in [0.5, 0.6) is 5.75 Å². The molecule has 0 saturated carbocycles. The minimum atomic E-state index is -1.13. The number of carboxylic acids is 1. The van der Waals surface area contributed by atoms with Crippen LogP contribution < -0.4 is 15.4 Å². The molecule has 0 aliphatic carbocycles. The first-order chi connectivity index (χ1) is 15.0. The Balaban J connectivity index is 1.75. The molecule has 3 N–H and O–H groups in total. The number of ether oxygens (including phenoxy) is 1. The van der Waals surface area contributed by atoms with E-state index < -0.39 is 12.0 Å². The van der Waals surface area contributed by atoms with E-state index in [0.29, 0.717) is 23.9 Å². The molecule has 1 unspecified atom stereocenters. The van der Waals surface area contributed by atoms with Crippen LogP contribution in [0.2, 0.25) is 0 Å². The van der Waals surface area contributed by atoms with Crippen LogP contribution in [0.1, 0.15) is 34.5 Å². The molecule has 0 radical (unpaired) electrons. The number of aromatic nitrogens is 2. The molecule has 1 aliphatic rings. The zero-order chi connectivity index (χ0) is 22.0. The van der Waals surface area contributed by atoms with Crippen LogP contribution in [0, 0.1) is 6.92 Å². The fraction of sp³-hybridized carbons (Fsp3) is 0.174. The number of fused-ring (bicyclic) bond motifs is 1. The number of hydrogen-bond acceptors (Lipinski definition) is 5. The van der Waals surface area contributed by atoms with E-state index in [9.17, 15) is 14.7 Å². The number of aryl methyl sites for hydroxylation is 1. The molecule has 158 valence electrons. The van der Waals surface area contributed by atoms with Crippen LogP contribution in [-0.2, 0) is 4.79 Å². The third kappa shape index (κ3) is 4.00. The largest absolute Gasteiger partial charge is 0.494 e. The Morgan fingerprint density at radius 2 is 2.03 bits per heavy atom. The van der Waals surface area contributed by atoms with Gasteiger partial charge in [0.1, 0.15) is 28.9 Å². The number of carboxylic acid groups (broad SMARTS) is 1. The number of hydrogen-bond donors (Lipinski definition) is 3. The highest BCUT2D eigenvalue weighted by atomic mass is 16.5. The number of anilines is 2. The monoisotopic (exact) mass is 418 g/mol. The summed E-state index contributed by atoms with van der Waals surface area (Å²) in [5, 5.41) is 19.7. The lowest BCUT2D eigenvalue weighted by Crippen LogP contribution is -2.26. The lowest BCUT2D eigenvalue weighted by Gasteiger charge is -2.25. The molecule has 3 aromatic rings. The van der Waals surface area contributed by atoms with E-state index >= 15 is 0 Å². The van der Waals surface area contributed by atoms with Crippen LogP contribution in [0.4, 0.5) is 11.5 Å². The average Bonchev–Trinajstić information content (AvgIpc) is 3.18. The van der Waals surface area contributed by atoms with E-state index in [0.717, 1.165) is 11.1 Å². The van der Waals surface area contributed by atoms with Gasteiger partial charge in [0.15, 0.2) is 0 Å². The number of nitrogens with zero attached hydrogens (tertiary/aromatic N) is 2. The topological polar surface area (TPSA) is 105 Å². The maximum atomic E-state index is 13.0. The van der Waals surface area contributed by atoms with E-state index in [1.54, 1.807) is 16.8 Å². The number of aliphatic carboxylic acids is 1. The van der Waals surface area contributed by atoms with Gasteiger partial charge < -0.3 is 20.5 Å². The van der Waals surface area contributed by atoms with Gasteiger partial charge in [-0.1, -0.05) is 30.3 Å². The molecular formula is C23H22N4O4. The van der Waals surface area contributed by atoms with Gasteiger partial charge in [-0.25, -0.2) is 9.48 Å². The second-order valence-corrected chi connectivity index (χ2v) is 7.10. The summed E-state index contributed by atoms with van der Waals surface area (Å²) in [6.45, 7) is 4.28. The van der Waals surface area contributed by atoms with Crippen LogP contribution in [0.25, 0.3) is 0 Å². The maximum Gasteiger partial charge on any atom is 0.352 e. The zero-order valence-electron chi connectivity index (χ0n) is 17.1. The van der Waals surface area contributed by atoms with Crippen LogP contribution in [0.3, 0.4) is 0 Å². The number of amides is 1. The highest BCUT2D eigenvalue weighted by Gasteiger charge is 2.30. The van der Waals surface area contributed by atoms with Gasteiger partial charge in [0.05, 0.1) is 12.8 Å². The van der Waals surface area contributed by atoms with Crippen molar-refractivity contribution < 1.29 is 19.4 Å². The van der Waals surface area contributed by atoms with Crippen molar-refractivity contribution in [1.82, 2.24) is 9.78 Å². The summed E-state index contributed by atoms with van der Waals surface area (Å²) in [6, 6.07) is 14.3. The molecule has 4 rings (SSSR count). The smallest absolute Gasteiger partial charge is 0.352 e. The molecule has 0 spiro atoms. The van der Waals surface area contributed by atoms with Crippen LogP contribution in [-0.4, -0.2) is 33.4 Å². The molecule has 0 saturated heterocycles. The zero-order valence-corrected chi connectivity index (χ0v) is 17.1. The van der Waals surface area contributed by atoms with Crippen LogP contribution >= 0.6 is 0 Å².